The average molecular weight is 319 g/mol. The van der Waals surface area contributed by atoms with Crippen LogP contribution in [0.3, 0.4) is 0 Å². The van der Waals surface area contributed by atoms with E-state index in [0.29, 0.717) is 12.0 Å². The fraction of sp³-hybridized carbons (Fsp3) is 0.533. The zero-order valence-electron chi connectivity index (χ0n) is 12.0. The van der Waals surface area contributed by atoms with Crippen molar-refractivity contribution in [3.8, 4) is 0 Å². The molecule has 1 aliphatic carbocycles. The van der Waals surface area contributed by atoms with Gasteiger partial charge in [-0.2, -0.15) is 0 Å². The first-order valence-electron chi connectivity index (χ1n) is 6.92. The van der Waals surface area contributed by atoms with Crippen molar-refractivity contribution in [3.63, 3.8) is 0 Å². The molecule has 1 saturated carbocycles. The molecule has 2 N–H and O–H groups in total. The minimum Gasteiger partial charge on any atom is -0.341 e. The molecule has 21 heavy (non-hydrogen) atoms. The molecule has 1 amide bonds. The van der Waals surface area contributed by atoms with E-state index in [4.69, 9.17) is 5.73 Å². The monoisotopic (exact) mass is 318 g/mol. The molecule has 1 fully saturated rings. The first-order valence-corrected chi connectivity index (χ1v) is 6.92. The van der Waals surface area contributed by atoms with Gasteiger partial charge in [0.05, 0.1) is 0 Å². The summed E-state index contributed by atoms with van der Waals surface area (Å²) in [5.41, 5.74) is 6.21. The summed E-state index contributed by atoms with van der Waals surface area (Å²) >= 11 is 0. The Morgan fingerprint density at radius 2 is 2.10 bits per heavy atom. The number of hydrogen-bond acceptors (Lipinski definition) is 2. The van der Waals surface area contributed by atoms with Crippen LogP contribution in [0, 0.1) is 17.6 Å². The summed E-state index contributed by atoms with van der Waals surface area (Å²) in [7, 11) is 1.64. The normalized spacial score (nSPS) is 21.5. The van der Waals surface area contributed by atoms with E-state index < -0.39 is 11.6 Å². The van der Waals surface area contributed by atoms with Crippen LogP contribution in [0.4, 0.5) is 8.78 Å². The Labute approximate surface area is 129 Å². The quantitative estimate of drug-likeness (QED) is 0.931. The molecular weight excluding hydrogens is 298 g/mol. The van der Waals surface area contributed by atoms with Crippen LogP contribution < -0.4 is 5.73 Å². The Kier molecular flexibility index (Phi) is 6.55. The van der Waals surface area contributed by atoms with E-state index in [2.05, 4.69) is 0 Å². The molecule has 1 aromatic carbocycles. The standard InChI is InChI=1S/C15H20F2N2O.ClH/c1-19(9-11-5-6-12(16)8-14(11)17)15(20)10-3-2-4-13(18)7-10;/h5-6,8,10,13H,2-4,7,9,18H2,1H3;1H. The van der Waals surface area contributed by atoms with E-state index in [1.54, 1.807) is 7.05 Å². The van der Waals surface area contributed by atoms with Gasteiger partial charge in [-0.3, -0.25) is 4.79 Å². The van der Waals surface area contributed by atoms with E-state index >= 15 is 0 Å². The van der Waals surface area contributed by atoms with E-state index in [1.165, 1.54) is 17.0 Å². The van der Waals surface area contributed by atoms with Gasteiger partial charge in [-0.25, -0.2) is 8.78 Å². The first kappa shape index (κ1) is 17.9. The number of carbonyl (C=O) groups excluding carboxylic acids is 1. The summed E-state index contributed by atoms with van der Waals surface area (Å²) in [6.07, 6.45) is 3.44. The molecule has 2 rings (SSSR count). The molecule has 2 unspecified atom stereocenters. The van der Waals surface area contributed by atoms with Crippen molar-refractivity contribution in [1.82, 2.24) is 4.90 Å². The zero-order chi connectivity index (χ0) is 14.7. The molecule has 3 nitrogen and oxygen atoms in total. The van der Waals surface area contributed by atoms with Gasteiger partial charge in [-0.1, -0.05) is 12.5 Å². The van der Waals surface area contributed by atoms with Crippen LogP contribution in [-0.4, -0.2) is 23.9 Å². The molecule has 6 heteroatoms. The van der Waals surface area contributed by atoms with Crippen molar-refractivity contribution in [2.24, 2.45) is 11.7 Å². The Bertz CT molecular complexity index is 499. The van der Waals surface area contributed by atoms with Crippen LogP contribution in [0.15, 0.2) is 18.2 Å². The molecule has 0 bridgehead atoms. The molecule has 0 radical (unpaired) electrons. The maximum atomic E-state index is 13.6. The van der Waals surface area contributed by atoms with Gasteiger partial charge in [0.15, 0.2) is 0 Å². The summed E-state index contributed by atoms with van der Waals surface area (Å²) in [6, 6.07) is 3.49. The highest BCUT2D eigenvalue weighted by atomic mass is 35.5. The van der Waals surface area contributed by atoms with Crippen molar-refractivity contribution >= 4 is 18.3 Å². The zero-order valence-corrected chi connectivity index (χ0v) is 12.8. The predicted octanol–water partition coefficient (Wildman–Crippen LogP) is 2.86. The van der Waals surface area contributed by atoms with Gasteiger partial charge < -0.3 is 10.6 Å². The Morgan fingerprint density at radius 1 is 1.38 bits per heavy atom. The highest BCUT2D eigenvalue weighted by Crippen LogP contribution is 2.25. The Morgan fingerprint density at radius 3 is 2.71 bits per heavy atom. The minimum absolute atomic E-state index is 0. The number of nitrogens with zero attached hydrogens (tertiary/aromatic N) is 1. The Hall–Kier alpha value is -1.20. The largest absolute Gasteiger partial charge is 0.341 e. The second-order valence-corrected chi connectivity index (χ2v) is 5.55. The van der Waals surface area contributed by atoms with Gasteiger partial charge in [0.25, 0.3) is 0 Å². The third kappa shape index (κ3) is 4.64. The Balaban J connectivity index is 0.00000220. The van der Waals surface area contributed by atoms with E-state index in [1.807, 2.05) is 0 Å². The number of rotatable bonds is 3. The second kappa shape index (κ2) is 7.71. The van der Waals surface area contributed by atoms with Crippen LogP contribution in [0.1, 0.15) is 31.2 Å². The topological polar surface area (TPSA) is 46.3 Å². The number of hydrogen-bond donors (Lipinski definition) is 1. The number of amides is 1. The third-order valence-electron chi connectivity index (χ3n) is 3.86. The minimum atomic E-state index is -0.620. The summed E-state index contributed by atoms with van der Waals surface area (Å²) in [6.45, 7) is 0.149. The number of benzene rings is 1. The van der Waals surface area contributed by atoms with Crippen molar-refractivity contribution in [1.29, 1.82) is 0 Å². The van der Waals surface area contributed by atoms with Crippen molar-refractivity contribution < 1.29 is 13.6 Å². The lowest BCUT2D eigenvalue weighted by Crippen LogP contribution is -2.38. The molecule has 0 aromatic heterocycles. The van der Waals surface area contributed by atoms with Crippen LogP contribution in [0.5, 0.6) is 0 Å². The summed E-state index contributed by atoms with van der Waals surface area (Å²) < 4.78 is 26.4. The van der Waals surface area contributed by atoms with Gasteiger partial charge in [0.1, 0.15) is 11.6 Å². The summed E-state index contributed by atoms with van der Waals surface area (Å²) in [5.74, 6) is -1.32. The molecular formula is C15H21ClF2N2O. The van der Waals surface area contributed by atoms with Crippen molar-refractivity contribution in [2.45, 2.75) is 38.3 Å². The van der Waals surface area contributed by atoms with E-state index in [9.17, 15) is 13.6 Å². The van der Waals surface area contributed by atoms with Gasteiger partial charge in [-0.15, -0.1) is 12.4 Å². The van der Waals surface area contributed by atoms with Crippen molar-refractivity contribution in [3.05, 3.63) is 35.4 Å². The van der Waals surface area contributed by atoms with Gasteiger partial charge >= 0.3 is 0 Å². The lowest BCUT2D eigenvalue weighted by molar-refractivity contribution is -0.135. The van der Waals surface area contributed by atoms with E-state index in [-0.39, 0.29) is 36.8 Å². The number of halogens is 3. The van der Waals surface area contributed by atoms with Gasteiger partial charge in [-0.05, 0) is 25.3 Å². The fourth-order valence-electron chi connectivity index (χ4n) is 2.75. The molecule has 0 spiro atoms. The van der Waals surface area contributed by atoms with Gasteiger partial charge in [0.2, 0.25) is 5.91 Å². The van der Waals surface area contributed by atoms with Crippen LogP contribution >= 0.6 is 12.4 Å². The van der Waals surface area contributed by atoms with Gasteiger partial charge in [0, 0.05) is 37.2 Å². The number of nitrogens with two attached hydrogens (primary N) is 1. The molecule has 1 aromatic rings. The predicted molar refractivity (Wildman–Crippen MR) is 80.0 cm³/mol. The maximum absolute atomic E-state index is 13.6. The van der Waals surface area contributed by atoms with Crippen molar-refractivity contribution in [2.75, 3.05) is 7.05 Å². The lowest BCUT2D eigenvalue weighted by atomic mass is 9.85. The maximum Gasteiger partial charge on any atom is 0.225 e. The summed E-state index contributed by atoms with van der Waals surface area (Å²) in [5, 5.41) is 0. The molecule has 2 atom stereocenters. The molecule has 0 heterocycles. The third-order valence-corrected chi connectivity index (χ3v) is 3.86. The van der Waals surface area contributed by atoms with Crippen LogP contribution in [0.25, 0.3) is 0 Å². The molecule has 1 aliphatic rings. The smallest absolute Gasteiger partial charge is 0.225 e. The van der Waals surface area contributed by atoms with Crippen LogP contribution in [-0.2, 0) is 11.3 Å². The molecule has 118 valence electrons. The highest BCUT2D eigenvalue weighted by Gasteiger charge is 2.27. The van der Waals surface area contributed by atoms with E-state index in [0.717, 1.165) is 25.3 Å². The summed E-state index contributed by atoms with van der Waals surface area (Å²) in [4.78, 5) is 13.8. The number of carbonyl (C=O) groups is 1. The highest BCUT2D eigenvalue weighted by molar-refractivity contribution is 5.85. The second-order valence-electron chi connectivity index (χ2n) is 5.55. The SMILES string of the molecule is CN(Cc1ccc(F)cc1F)C(=O)C1CCCC(N)C1.Cl. The average Bonchev–Trinajstić information content (AvgIpc) is 2.41. The molecule has 0 saturated heterocycles. The fourth-order valence-corrected chi connectivity index (χ4v) is 2.75. The first-order chi connectivity index (χ1) is 9.47. The molecule has 0 aliphatic heterocycles. The lowest BCUT2D eigenvalue weighted by Gasteiger charge is -2.29. The van der Waals surface area contributed by atoms with Crippen LogP contribution in [0.2, 0.25) is 0 Å².